The molecule has 1 heterocycles. The van der Waals surface area contributed by atoms with Crippen LogP contribution in [0, 0.1) is 5.82 Å². The molecule has 1 aromatic carbocycles. The van der Waals surface area contributed by atoms with E-state index in [4.69, 9.17) is 5.73 Å². The summed E-state index contributed by atoms with van der Waals surface area (Å²) in [6.07, 6.45) is 1.58. The summed E-state index contributed by atoms with van der Waals surface area (Å²) >= 11 is 0. The predicted octanol–water partition coefficient (Wildman–Crippen LogP) is 1.51. The molecule has 13 heavy (non-hydrogen) atoms. The van der Waals surface area contributed by atoms with Gasteiger partial charge in [-0.3, -0.25) is 0 Å². The van der Waals surface area contributed by atoms with Crippen LogP contribution in [0.1, 0.15) is 12.0 Å². The number of nitrogens with one attached hydrogen (secondary N) is 1. The number of anilines is 1. The van der Waals surface area contributed by atoms with Crippen molar-refractivity contribution < 1.29 is 4.39 Å². The molecule has 3 heteroatoms. The lowest BCUT2D eigenvalue weighted by molar-refractivity contribution is 0.595. The van der Waals surface area contributed by atoms with E-state index in [1.165, 1.54) is 6.07 Å². The first kappa shape index (κ1) is 8.51. The van der Waals surface area contributed by atoms with Crippen LogP contribution in [0.2, 0.25) is 0 Å². The first-order valence-corrected chi connectivity index (χ1v) is 4.54. The van der Waals surface area contributed by atoms with Gasteiger partial charge < -0.3 is 11.1 Å². The lowest BCUT2D eigenvalue weighted by atomic mass is 10.1. The molecule has 1 aliphatic heterocycles. The number of halogens is 1. The Kier molecular flexibility index (Phi) is 2.19. The van der Waals surface area contributed by atoms with Gasteiger partial charge in [0.15, 0.2) is 0 Å². The van der Waals surface area contributed by atoms with Crippen LogP contribution in [-0.4, -0.2) is 12.6 Å². The number of benzene rings is 1. The highest BCUT2D eigenvalue weighted by atomic mass is 19.1. The molecule has 1 aromatic rings. The lowest BCUT2D eigenvalue weighted by Gasteiger charge is -2.08. The molecule has 2 nitrogen and oxygen atoms in total. The zero-order valence-corrected chi connectivity index (χ0v) is 7.39. The van der Waals surface area contributed by atoms with Gasteiger partial charge in [-0.15, -0.1) is 0 Å². The first-order chi connectivity index (χ1) is 6.27. The molecule has 70 valence electrons. The van der Waals surface area contributed by atoms with Gasteiger partial charge in [-0.1, -0.05) is 6.07 Å². The van der Waals surface area contributed by atoms with E-state index in [1.54, 1.807) is 6.07 Å². The van der Waals surface area contributed by atoms with Crippen LogP contribution in [0.3, 0.4) is 0 Å². The highest BCUT2D eigenvalue weighted by Crippen LogP contribution is 2.23. The number of hydrogen-bond acceptors (Lipinski definition) is 2. The minimum atomic E-state index is -0.126. The van der Waals surface area contributed by atoms with Gasteiger partial charge in [-0.05, 0) is 25.0 Å². The molecular formula is C10H13FN2. The van der Waals surface area contributed by atoms with Crippen molar-refractivity contribution in [2.75, 3.05) is 11.9 Å². The summed E-state index contributed by atoms with van der Waals surface area (Å²) in [7, 11) is 0. The van der Waals surface area contributed by atoms with E-state index in [2.05, 4.69) is 5.32 Å². The summed E-state index contributed by atoms with van der Waals surface area (Å²) < 4.78 is 13.3. The average Bonchev–Trinajstić information content (AvgIpc) is 2.30. The summed E-state index contributed by atoms with van der Waals surface area (Å²) in [6, 6.07) is 5.25. The Balaban J connectivity index is 2.35. The molecule has 0 aliphatic carbocycles. The molecule has 0 saturated heterocycles. The minimum Gasteiger partial charge on any atom is -0.383 e. The molecule has 0 saturated carbocycles. The van der Waals surface area contributed by atoms with Crippen molar-refractivity contribution in [3.05, 3.63) is 29.6 Å². The van der Waals surface area contributed by atoms with Crippen LogP contribution in [0.4, 0.5) is 10.1 Å². The monoisotopic (exact) mass is 180 g/mol. The summed E-state index contributed by atoms with van der Waals surface area (Å²) in [5, 5.41) is 3.15. The van der Waals surface area contributed by atoms with Gasteiger partial charge in [-0.2, -0.15) is 0 Å². The zero-order valence-electron chi connectivity index (χ0n) is 7.39. The number of rotatable bonds is 0. The highest BCUT2D eigenvalue weighted by molar-refractivity contribution is 5.52. The Labute approximate surface area is 76.9 Å². The highest BCUT2D eigenvalue weighted by Gasteiger charge is 2.14. The van der Waals surface area contributed by atoms with Gasteiger partial charge in [-0.25, -0.2) is 4.39 Å². The van der Waals surface area contributed by atoms with Gasteiger partial charge in [0.05, 0.1) is 0 Å². The van der Waals surface area contributed by atoms with Gasteiger partial charge >= 0.3 is 0 Å². The predicted molar refractivity (Wildman–Crippen MR) is 51.2 cm³/mol. The summed E-state index contributed by atoms with van der Waals surface area (Å²) in [6.45, 7) is 0.733. The van der Waals surface area contributed by atoms with Crippen LogP contribution >= 0.6 is 0 Å². The van der Waals surface area contributed by atoms with Gasteiger partial charge in [0.2, 0.25) is 0 Å². The maximum absolute atomic E-state index is 13.3. The standard InChI is InChI=1S/C10H13FN2/c11-9-2-1-3-10-8(9)5-4-7(12)6-13-10/h1-3,7,13H,4-6,12H2. The minimum absolute atomic E-state index is 0.126. The Hall–Kier alpha value is -1.09. The summed E-state index contributed by atoms with van der Waals surface area (Å²) in [5.74, 6) is -0.126. The molecule has 3 N–H and O–H groups in total. The maximum Gasteiger partial charge on any atom is 0.128 e. The van der Waals surface area contributed by atoms with Crippen LogP contribution in [0.5, 0.6) is 0 Å². The fourth-order valence-electron chi connectivity index (χ4n) is 1.65. The van der Waals surface area contributed by atoms with Gasteiger partial charge in [0.1, 0.15) is 5.82 Å². The summed E-state index contributed by atoms with van der Waals surface area (Å²) in [5.41, 5.74) is 7.45. The Morgan fingerprint density at radius 3 is 3.15 bits per heavy atom. The number of nitrogens with two attached hydrogens (primary N) is 1. The van der Waals surface area contributed by atoms with Crippen molar-refractivity contribution in [1.29, 1.82) is 0 Å². The van der Waals surface area contributed by atoms with E-state index in [0.717, 1.165) is 30.6 Å². The first-order valence-electron chi connectivity index (χ1n) is 4.54. The SMILES string of the molecule is NC1CCc2c(F)cccc2NC1. The number of hydrogen-bond donors (Lipinski definition) is 2. The third-order valence-corrected chi connectivity index (χ3v) is 2.44. The molecule has 0 amide bonds. The van der Waals surface area contributed by atoms with E-state index in [9.17, 15) is 4.39 Å². The second-order valence-electron chi connectivity index (χ2n) is 3.45. The van der Waals surface area contributed by atoms with Crippen LogP contribution in [0.25, 0.3) is 0 Å². The molecular weight excluding hydrogens is 167 g/mol. The van der Waals surface area contributed by atoms with Crippen LogP contribution in [0.15, 0.2) is 18.2 Å². The molecule has 1 atom stereocenters. The van der Waals surface area contributed by atoms with Crippen LogP contribution in [-0.2, 0) is 6.42 Å². The van der Waals surface area contributed by atoms with Gasteiger partial charge in [0.25, 0.3) is 0 Å². The molecule has 1 unspecified atom stereocenters. The zero-order chi connectivity index (χ0) is 9.26. The molecule has 0 spiro atoms. The number of fused-ring (bicyclic) bond motifs is 1. The van der Waals surface area contributed by atoms with E-state index in [0.29, 0.717) is 0 Å². The normalized spacial score (nSPS) is 21.5. The van der Waals surface area contributed by atoms with Crippen molar-refractivity contribution in [1.82, 2.24) is 0 Å². The second-order valence-corrected chi connectivity index (χ2v) is 3.45. The van der Waals surface area contributed by atoms with Crippen molar-refractivity contribution in [2.45, 2.75) is 18.9 Å². The fraction of sp³-hybridized carbons (Fsp3) is 0.400. The van der Waals surface area contributed by atoms with Crippen molar-refractivity contribution in [3.8, 4) is 0 Å². The Bertz CT molecular complexity index is 312. The van der Waals surface area contributed by atoms with Crippen molar-refractivity contribution in [2.24, 2.45) is 5.73 Å². The van der Waals surface area contributed by atoms with E-state index in [1.807, 2.05) is 6.07 Å². The van der Waals surface area contributed by atoms with Gasteiger partial charge in [0, 0.05) is 23.8 Å². The second kappa shape index (κ2) is 3.34. The molecule has 0 fully saturated rings. The van der Waals surface area contributed by atoms with Crippen LogP contribution < -0.4 is 11.1 Å². The Morgan fingerprint density at radius 2 is 2.31 bits per heavy atom. The third-order valence-electron chi connectivity index (χ3n) is 2.44. The molecule has 0 radical (unpaired) electrons. The molecule has 0 bridgehead atoms. The smallest absolute Gasteiger partial charge is 0.128 e. The maximum atomic E-state index is 13.3. The molecule has 0 aromatic heterocycles. The quantitative estimate of drug-likeness (QED) is 0.635. The molecule has 2 rings (SSSR count). The summed E-state index contributed by atoms with van der Waals surface area (Å²) in [4.78, 5) is 0. The topological polar surface area (TPSA) is 38.0 Å². The largest absolute Gasteiger partial charge is 0.383 e. The van der Waals surface area contributed by atoms with E-state index in [-0.39, 0.29) is 11.9 Å². The lowest BCUT2D eigenvalue weighted by Crippen LogP contribution is -2.27. The van der Waals surface area contributed by atoms with Crippen molar-refractivity contribution >= 4 is 5.69 Å². The van der Waals surface area contributed by atoms with E-state index >= 15 is 0 Å². The molecule has 1 aliphatic rings. The Morgan fingerprint density at radius 1 is 1.46 bits per heavy atom. The third kappa shape index (κ3) is 1.65. The van der Waals surface area contributed by atoms with E-state index < -0.39 is 0 Å². The fourth-order valence-corrected chi connectivity index (χ4v) is 1.65. The van der Waals surface area contributed by atoms with Crippen molar-refractivity contribution in [3.63, 3.8) is 0 Å². The average molecular weight is 180 g/mol.